The van der Waals surface area contributed by atoms with E-state index in [9.17, 15) is 5.11 Å². The lowest BCUT2D eigenvalue weighted by molar-refractivity contribution is 0.100. The summed E-state index contributed by atoms with van der Waals surface area (Å²) < 4.78 is 32.7. The molecule has 1 fully saturated rings. The van der Waals surface area contributed by atoms with Gasteiger partial charge in [-0.25, -0.2) is 4.39 Å². The molecule has 0 radical (unpaired) electrons. The van der Waals surface area contributed by atoms with Crippen LogP contribution in [-0.4, -0.2) is 56.5 Å². The fraction of sp³-hybridized carbons (Fsp3) is 0.471. The third-order valence-corrected chi connectivity index (χ3v) is 8.76. The fourth-order valence-electron chi connectivity index (χ4n) is 6.34. The third-order valence-electron chi connectivity index (χ3n) is 8.76. The summed E-state index contributed by atoms with van der Waals surface area (Å²) in [6, 6.07) is 15.2. The smallest absolute Gasteiger partial charge is 0.165 e. The maximum Gasteiger partial charge on any atom is 0.165 e. The minimum atomic E-state index is -0.309. The highest BCUT2D eigenvalue weighted by Gasteiger charge is 2.27. The highest BCUT2D eigenvalue weighted by molar-refractivity contribution is 5.64. The van der Waals surface area contributed by atoms with E-state index in [1.807, 2.05) is 18.2 Å². The van der Waals surface area contributed by atoms with Crippen molar-refractivity contribution < 1.29 is 23.7 Å². The Morgan fingerprint density at radius 1 is 0.902 bits per heavy atom. The highest BCUT2D eigenvalue weighted by Crippen LogP contribution is 2.43. The minimum absolute atomic E-state index is 0.0594. The summed E-state index contributed by atoms with van der Waals surface area (Å²) in [5.74, 6) is 2.01. The number of methoxy groups -OCH3 is 2. The minimum Gasteiger partial charge on any atom is -0.508 e. The first-order chi connectivity index (χ1) is 19.9. The molecule has 0 spiro atoms. The molecule has 220 valence electrons. The molecular formula is C34H43FN2O4. The number of hydrogen-bond donors (Lipinski definition) is 1. The molecule has 41 heavy (non-hydrogen) atoms. The number of rotatable bonds is 10. The van der Waals surface area contributed by atoms with Crippen molar-refractivity contribution in [2.75, 3.05) is 45.3 Å². The lowest BCUT2D eigenvalue weighted by atomic mass is 9.79. The number of likely N-dealkylation sites (tertiary alicyclic amines) is 1. The molecule has 1 heterocycles. The van der Waals surface area contributed by atoms with Gasteiger partial charge in [-0.1, -0.05) is 19.1 Å². The van der Waals surface area contributed by atoms with E-state index >= 15 is 4.39 Å². The summed E-state index contributed by atoms with van der Waals surface area (Å²) in [4.78, 5) is 4.68. The summed E-state index contributed by atoms with van der Waals surface area (Å²) in [6.07, 6.45) is 4.66. The average molecular weight is 563 g/mol. The van der Waals surface area contributed by atoms with Crippen molar-refractivity contribution in [1.29, 1.82) is 0 Å². The molecule has 1 aliphatic heterocycles. The number of nitrogens with zero attached hydrogens (tertiary/aromatic N) is 2. The molecule has 1 atom stereocenters. The molecule has 0 aromatic heterocycles. The van der Waals surface area contributed by atoms with Crippen molar-refractivity contribution in [2.24, 2.45) is 0 Å². The van der Waals surface area contributed by atoms with Crippen molar-refractivity contribution in [2.45, 2.75) is 64.5 Å². The average Bonchev–Trinajstić information content (AvgIpc) is 3.00. The van der Waals surface area contributed by atoms with Crippen LogP contribution in [0.15, 0.2) is 48.5 Å². The molecule has 5 rings (SSSR count). The van der Waals surface area contributed by atoms with E-state index in [-0.39, 0.29) is 17.8 Å². The van der Waals surface area contributed by atoms with E-state index < -0.39 is 0 Å². The molecule has 1 N–H and O–H groups in total. The van der Waals surface area contributed by atoms with Crippen LogP contribution in [0.2, 0.25) is 0 Å². The summed E-state index contributed by atoms with van der Waals surface area (Å²) in [6.45, 7) is 8.63. The van der Waals surface area contributed by atoms with Gasteiger partial charge in [0.05, 0.1) is 14.2 Å². The maximum absolute atomic E-state index is 15.3. The zero-order valence-electron chi connectivity index (χ0n) is 24.8. The first kappa shape index (κ1) is 29.1. The number of fused-ring (bicyclic) bond motifs is 1. The Balaban J connectivity index is 1.38. The second kappa shape index (κ2) is 13.0. The van der Waals surface area contributed by atoms with Crippen molar-refractivity contribution in [1.82, 2.24) is 4.90 Å². The predicted molar refractivity (Wildman–Crippen MR) is 161 cm³/mol. The highest BCUT2D eigenvalue weighted by atomic mass is 19.1. The van der Waals surface area contributed by atoms with Gasteiger partial charge in [-0.05, 0) is 104 Å². The van der Waals surface area contributed by atoms with E-state index in [0.29, 0.717) is 29.5 Å². The van der Waals surface area contributed by atoms with Crippen LogP contribution < -0.4 is 19.1 Å². The summed E-state index contributed by atoms with van der Waals surface area (Å²) >= 11 is 0. The van der Waals surface area contributed by atoms with E-state index in [4.69, 9.17) is 14.2 Å². The zero-order chi connectivity index (χ0) is 28.9. The molecule has 6 nitrogen and oxygen atoms in total. The number of benzene rings is 3. The van der Waals surface area contributed by atoms with E-state index in [1.54, 1.807) is 32.4 Å². The fourth-order valence-corrected chi connectivity index (χ4v) is 6.34. The Morgan fingerprint density at radius 2 is 1.66 bits per heavy atom. The number of ether oxygens (including phenoxy) is 3. The van der Waals surface area contributed by atoms with Gasteiger partial charge < -0.3 is 29.1 Å². The molecule has 1 aliphatic carbocycles. The molecule has 1 saturated heterocycles. The second-order valence-electron chi connectivity index (χ2n) is 11.2. The van der Waals surface area contributed by atoms with E-state index in [0.717, 1.165) is 69.5 Å². The van der Waals surface area contributed by atoms with E-state index in [2.05, 4.69) is 35.8 Å². The molecule has 3 aromatic carbocycles. The van der Waals surface area contributed by atoms with Gasteiger partial charge in [-0.2, -0.15) is 0 Å². The normalized spacial score (nSPS) is 17.6. The Morgan fingerprint density at radius 3 is 2.34 bits per heavy atom. The van der Waals surface area contributed by atoms with E-state index in [1.165, 1.54) is 16.7 Å². The third kappa shape index (κ3) is 6.56. The SMILES string of the molecule is CCN1CCC(Oc2ccc(CN(CC)c3cc(OC)c(OC)cc3C3CCc4cc(O)ccc4C3)cc2F)CC1. The van der Waals surface area contributed by atoms with Crippen molar-refractivity contribution in [3.05, 3.63) is 76.6 Å². The lowest BCUT2D eigenvalue weighted by Crippen LogP contribution is -2.38. The van der Waals surface area contributed by atoms with Crippen LogP contribution in [0.25, 0.3) is 0 Å². The topological polar surface area (TPSA) is 54.4 Å². The quantitative estimate of drug-likeness (QED) is 0.296. The standard InChI is InChI=1S/C34H43FN2O4/c1-5-36-15-13-28(14-16-36)41-32-12-7-23(17-30(32)35)22-37(6-2)31-21-34(40-4)33(39-3)20-29(31)26-9-8-25-19-27(38)11-10-24(25)18-26/h7,10-12,17,19-21,26,28,38H,5-6,8-9,13-16,18,22H2,1-4H3. The van der Waals surface area contributed by atoms with Crippen LogP contribution in [0.3, 0.4) is 0 Å². The Kier molecular flexibility index (Phi) is 9.23. The van der Waals surface area contributed by atoms with Crippen LogP contribution in [0.1, 0.15) is 61.3 Å². The number of piperidine rings is 1. The number of phenolic OH excluding ortho intramolecular Hbond substituents is 1. The zero-order valence-corrected chi connectivity index (χ0v) is 24.8. The lowest BCUT2D eigenvalue weighted by Gasteiger charge is -2.32. The molecule has 1 unspecified atom stereocenters. The predicted octanol–water partition coefficient (Wildman–Crippen LogP) is 6.71. The molecule has 0 saturated carbocycles. The first-order valence-corrected chi connectivity index (χ1v) is 14.9. The Bertz CT molecular complexity index is 1340. The number of aromatic hydroxyl groups is 1. The van der Waals surface area contributed by atoms with Gasteiger partial charge in [0, 0.05) is 37.9 Å². The van der Waals surface area contributed by atoms with Crippen LogP contribution >= 0.6 is 0 Å². The number of aryl methyl sites for hydroxylation is 1. The van der Waals surface area contributed by atoms with Gasteiger partial charge >= 0.3 is 0 Å². The van der Waals surface area contributed by atoms with Crippen LogP contribution in [0.5, 0.6) is 23.0 Å². The molecule has 7 heteroatoms. The van der Waals surface area contributed by atoms with Crippen LogP contribution in [0, 0.1) is 5.82 Å². The number of halogens is 1. The van der Waals surface area contributed by atoms with Crippen molar-refractivity contribution in [3.8, 4) is 23.0 Å². The van der Waals surface area contributed by atoms with Gasteiger partial charge in [-0.3, -0.25) is 0 Å². The van der Waals surface area contributed by atoms with Crippen LogP contribution in [0.4, 0.5) is 10.1 Å². The van der Waals surface area contributed by atoms with Crippen LogP contribution in [-0.2, 0) is 19.4 Å². The summed E-state index contributed by atoms with van der Waals surface area (Å²) in [7, 11) is 3.32. The molecular weight excluding hydrogens is 519 g/mol. The molecule has 2 aliphatic rings. The van der Waals surface area contributed by atoms with Gasteiger partial charge in [0.1, 0.15) is 11.9 Å². The summed E-state index contributed by atoms with van der Waals surface area (Å²) in [5, 5.41) is 9.95. The second-order valence-corrected chi connectivity index (χ2v) is 11.2. The summed E-state index contributed by atoms with van der Waals surface area (Å²) in [5.41, 5.74) is 5.63. The van der Waals surface area contributed by atoms with Crippen molar-refractivity contribution in [3.63, 3.8) is 0 Å². The van der Waals surface area contributed by atoms with Crippen molar-refractivity contribution >= 4 is 5.69 Å². The number of hydrogen-bond acceptors (Lipinski definition) is 6. The monoisotopic (exact) mass is 562 g/mol. The number of phenols is 1. The van der Waals surface area contributed by atoms with Gasteiger partial charge in [0.2, 0.25) is 0 Å². The number of anilines is 1. The van der Waals surface area contributed by atoms with Gasteiger partial charge in [-0.15, -0.1) is 0 Å². The Labute approximate surface area is 243 Å². The largest absolute Gasteiger partial charge is 0.508 e. The maximum atomic E-state index is 15.3. The van der Waals surface area contributed by atoms with Gasteiger partial charge in [0.25, 0.3) is 0 Å². The first-order valence-electron chi connectivity index (χ1n) is 14.9. The van der Waals surface area contributed by atoms with Gasteiger partial charge in [0.15, 0.2) is 23.1 Å². The Hall–Kier alpha value is -3.45. The molecule has 0 amide bonds. The molecule has 3 aromatic rings. The molecule has 0 bridgehead atoms.